The molecule has 0 radical (unpaired) electrons. The van der Waals surface area contributed by atoms with Gasteiger partial charge in [0.2, 0.25) is 11.8 Å². The van der Waals surface area contributed by atoms with E-state index in [1.54, 1.807) is 60.8 Å². The zero-order chi connectivity index (χ0) is 29.3. The summed E-state index contributed by atoms with van der Waals surface area (Å²) in [5, 5.41) is 12.6. The molecule has 1 saturated heterocycles. The van der Waals surface area contributed by atoms with Gasteiger partial charge in [-0.1, -0.05) is 34.6 Å². The molecule has 2 N–H and O–H groups in total. The molecule has 1 aromatic carbocycles. The van der Waals surface area contributed by atoms with E-state index >= 15 is 0 Å². The number of alkyl carbamates (subject to hydrolysis) is 1. The number of likely N-dealkylation sites (tertiary alicyclic amines) is 1. The zero-order valence-corrected chi connectivity index (χ0v) is 24.2. The highest BCUT2D eigenvalue weighted by molar-refractivity contribution is 5.90. The molecule has 0 bridgehead atoms. The van der Waals surface area contributed by atoms with Crippen LogP contribution in [-0.4, -0.2) is 75.4 Å². The topological polar surface area (TPSA) is 140 Å². The molecular formula is C28H40N4O7. The number of amides is 2. The Morgan fingerprint density at radius 2 is 1.74 bits per heavy atom. The average molecular weight is 545 g/mol. The Hall–Kier alpha value is -3.63. The van der Waals surface area contributed by atoms with Gasteiger partial charge in [0.25, 0.3) is 0 Å². The maximum Gasteiger partial charge on any atom is 0.408 e. The third-order valence-electron chi connectivity index (χ3n) is 6.29. The highest BCUT2D eigenvalue weighted by atomic mass is 16.6. The fourth-order valence-corrected chi connectivity index (χ4v) is 4.38. The summed E-state index contributed by atoms with van der Waals surface area (Å²) >= 11 is 0. The van der Waals surface area contributed by atoms with Crippen molar-refractivity contribution < 1.29 is 33.7 Å². The third kappa shape index (κ3) is 7.27. The first-order valence-electron chi connectivity index (χ1n) is 13.0. The Morgan fingerprint density at radius 1 is 1.08 bits per heavy atom. The highest BCUT2D eigenvalue weighted by Gasteiger charge is 2.46. The number of carboxylic acid groups (broad SMARTS) is 1. The van der Waals surface area contributed by atoms with Gasteiger partial charge in [0.05, 0.1) is 24.7 Å². The van der Waals surface area contributed by atoms with Gasteiger partial charge in [0.15, 0.2) is 0 Å². The highest BCUT2D eigenvalue weighted by Crippen LogP contribution is 2.32. The number of benzene rings is 1. The number of carboxylic acids is 1. The Bertz CT molecular complexity index is 1230. The first-order valence-corrected chi connectivity index (χ1v) is 13.0. The molecule has 11 nitrogen and oxygen atoms in total. The van der Waals surface area contributed by atoms with Crippen molar-refractivity contribution in [2.24, 2.45) is 5.41 Å². The van der Waals surface area contributed by atoms with Crippen LogP contribution in [0.5, 0.6) is 11.6 Å². The van der Waals surface area contributed by atoms with E-state index in [2.05, 4.69) is 10.3 Å². The van der Waals surface area contributed by atoms with Crippen LogP contribution >= 0.6 is 0 Å². The maximum absolute atomic E-state index is 13.7. The summed E-state index contributed by atoms with van der Waals surface area (Å²) in [6.07, 6.45) is -1.34. The van der Waals surface area contributed by atoms with Gasteiger partial charge in [-0.2, -0.15) is 0 Å². The van der Waals surface area contributed by atoms with Crippen LogP contribution in [-0.2, 0) is 14.3 Å². The molecule has 11 heteroatoms. The second-order valence-electron chi connectivity index (χ2n) is 12.2. The van der Waals surface area contributed by atoms with Gasteiger partial charge < -0.3 is 29.5 Å². The molecule has 2 heterocycles. The van der Waals surface area contributed by atoms with Crippen LogP contribution in [0, 0.1) is 5.41 Å². The molecule has 0 saturated carbocycles. The molecule has 1 aromatic heterocycles. The summed E-state index contributed by atoms with van der Waals surface area (Å²) in [7, 11) is 1.56. The van der Waals surface area contributed by atoms with E-state index in [0.29, 0.717) is 22.5 Å². The summed E-state index contributed by atoms with van der Waals surface area (Å²) in [6, 6.07) is 3.21. The largest absolute Gasteiger partial charge is 0.497 e. The van der Waals surface area contributed by atoms with Crippen LogP contribution in [0.3, 0.4) is 0 Å². The molecule has 0 aliphatic carbocycles. The molecule has 3 atom stereocenters. The van der Waals surface area contributed by atoms with E-state index in [1.807, 2.05) is 19.9 Å². The Balaban J connectivity index is 1.90. The summed E-state index contributed by atoms with van der Waals surface area (Å²) in [6.45, 7) is 14.5. The number of carbonyl (C=O) groups is 3. The lowest BCUT2D eigenvalue weighted by Gasteiger charge is -2.35. The maximum atomic E-state index is 13.7. The molecule has 1 aliphatic heterocycles. The quantitative estimate of drug-likeness (QED) is 0.526. The fraction of sp³-hybridized carbons (Fsp3) is 0.607. The van der Waals surface area contributed by atoms with Gasteiger partial charge in [-0.15, -0.1) is 0 Å². The van der Waals surface area contributed by atoms with E-state index < -0.39 is 47.2 Å². The SMILES string of the molecule is COc1ccc2nc(C(C)C)c(O[C@@H]3C[C@@H](C(=O)O)N(C(=O)[C@@H](NC(=O)OC(C)(C)C)C(C)(C)C)C3)nc2c1. The minimum Gasteiger partial charge on any atom is -0.497 e. The van der Waals surface area contributed by atoms with Gasteiger partial charge in [0.1, 0.15) is 35.2 Å². The Labute approximate surface area is 229 Å². The van der Waals surface area contributed by atoms with Gasteiger partial charge in [-0.25, -0.2) is 19.6 Å². The average Bonchev–Trinajstić information content (AvgIpc) is 3.23. The van der Waals surface area contributed by atoms with Crippen molar-refractivity contribution in [3.63, 3.8) is 0 Å². The predicted octanol–water partition coefficient (Wildman–Crippen LogP) is 4.13. The van der Waals surface area contributed by atoms with Crippen molar-refractivity contribution in [3.8, 4) is 11.6 Å². The van der Waals surface area contributed by atoms with Crippen LogP contribution in [0.15, 0.2) is 18.2 Å². The summed E-state index contributed by atoms with van der Waals surface area (Å²) in [4.78, 5) is 49.1. The van der Waals surface area contributed by atoms with Crippen LogP contribution < -0.4 is 14.8 Å². The first-order chi connectivity index (χ1) is 18.0. The van der Waals surface area contributed by atoms with E-state index in [1.165, 1.54) is 4.90 Å². The number of hydrogen-bond acceptors (Lipinski definition) is 8. The standard InChI is InChI=1S/C28H40N4O7/c1-15(2)21-23(30-19-12-16(37-9)10-11-18(19)29-21)38-17-13-20(25(34)35)32(14-17)24(33)22(27(3,4)5)31-26(36)39-28(6,7)8/h10-12,15,17,20,22H,13-14H2,1-9H3,(H,31,36)(H,34,35)/t17-,20+,22-/m1/s1. The van der Waals surface area contributed by atoms with Crippen molar-refractivity contribution in [2.75, 3.05) is 13.7 Å². The second-order valence-corrected chi connectivity index (χ2v) is 12.2. The zero-order valence-electron chi connectivity index (χ0n) is 24.2. The van der Waals surface area contributed by atoms with Crippen molar-refractivity contribution in [2.45, 2.75) is 91.5 Å². The third-order valence-corrected chi connectivity index (χ3v) is 6.29. The van der Waals surface area contributed by atoms with Crippen LogP contribution in [0.1, 0.15) is 73.4 Å². The van der Waals surface area contributed by atoms with E-state index in [9.17, 15) is 19.5 Å². The number of ether oxygens (including phenoxy) is 3. The lowest BCUT2D eigenvalue weighted by molar-refractivity contribution is -0.150. The molecule has 3 rings (SSSR count). The van der Waals surface area contributed by atoms with Crippen molar-refractivity contribution in [1.29, 1.82) is 0 Å². The minimum absolute atomic E-state index is 0.00768. The minimum atomic E-state index is -1.15. The number of aromatic nitrogens is 2. The molecule has 214 valence electrons. The first kappa shape index (κ1) is 29.9. The molecule has 2 aromatic rings. The second kappa shape index (κ2) is 11.2. The van der Waals surface area contributed by atoms with Gasteiger partial charge >= 0.3 is 12.1 Å². The normalized spacial score (nSPS) is 18.7. The lowest BCUT2D eigenvalue weighted by atomic mass is 9.85. The lowest BCUT2D eigenvalue weighted by Crippen LogP contribution is -2.57. The molecule has 1 aliphatic rings. The molecule has 0 unspecified atom stereocenters. The van der Waals surface area contributed by atoms with Gasteiger partial charge in [-0.05, 0) is 38.3 Å². The van der Waals surface area contributed by atoms with Crippen LogP contribution in [0.25, 0.3) is 11.0 Å². The molecule has 39 heavy (non-hydrogen) atoms. The number of hydrogen-bond donors (Lipinski definition) is 2. The summed E-state index contributed by atoms with van der Waals surface area (Å²) in [5.74, 6) is -0.789. The predicted molar refractivity (Wildman–Crippen MR) is 145 cm³/mol. The fourth-order valence-electron chi connectivity index (χ4n) is 4.38. The smallest absolute Gasteiger partial charge is 0.408 e. The molecular weight excluding hydrogens is 504 g/mol. The van der Waals surface area contributed by atoms with Gasteiger partial charge in [-0.3, -0.25) is 4.79 Å². The summed E-state index contributed by atoms with van der Waals surface area (Å²) in [5.41, 5.74) is 0.404. The number of carbonyl (C=O) groups excluding carboxylic acids is 2. The number of nitrogens with zero attached hydrogens (tertiary/aromatic N) is 3. The van der Waals surface area contributed by atoms with Crippen molar-refractivity contribution >= 4 is 29.0 Å². The number of rotatable bonds is 7. The molecule has 0 spiro atoms. The molecule has 2 amide bonds. The summed E-state index contributed by atoms with van der Waals surface area (Å²) < 4.78 is 16.9. The van der Waals surface area contributed by atoms with E-state index in [4.69, 9.17) is 19.2 Å². The monoisotopic (exact) mass is 544 g/mol. The van der Waals surface area contributed by atoms with E-state index in [-0.39, 0.29) is 24.8 Å². The Kier molecular flexibility index (Phi) is 8.62. The van der Waals surface area contributed by atoms with E-state index in [0.717, 1.165) is 0 Å². The number of methoxy groups -OCH3 is 1. The number of nitrogens with one attached hydrogen (secondary N) is 1. The van der Waals surface area contributed by atoms with Crippen LogP contribution in [0.4, 0.5) is 4.79 Å². The van der Waals surface area contributed by atoms with Crippen molar-refractivity contribution in [3.05, 3.63) is 23.9 Å². The van der Waals surface area contributed by atoms with Crippen LogP contribution in [0.2, 0.25) is 0 Å². The van der Waals surface area contributed by atoms with Gasteiger partial charge in [0, 0.05) is 18.4 Å². The number of fused-ring (bicyclic) bond motifs is 1. The van der Waals surface area contributed by atoms with Crippen molar-refractivity contribution in [1.82, 2.24) is 20.2 Å². The Morgan fingerprint density at radius 3 is 2.28 bits per heavy atom. The molecule has 1 fully saturated rings. The number of aliphatic carboxylic acids is 1.